The molecule has 0 saturated heterocycles. The lowest BCUT2D eigenvalue weighted by Gasteiger charge is -2.36. The van der Waals surface area contributed by atoms with Gasteiger partial charge < -0.3 is 10.2 Å². The van der Waals surface area contributed by atoms with E-state index in [-0.39, 0.29) is 0 Å². The largest absolute Gasteiger partial charge is 0.472 e. The van der Waals surface area contributed by atoms with Crippen LogP contribution in [-0.4, -0.2) is 24.0 Å². The Morgan fingerprint density at radius 3 is 2.62 bits per heavy atom. The third kappa shape index (κ3) is 2.47. The fourth-order valence-corrected chi connectivity index (χ4v) is 2.57. The zero-order valence-electron chi connectivity index (χ0n) is 10.2. The Hall–Kier alpha value is -0.800. The molecule has 3 nitrogen and oxygen atoms in total. The summed E-state index contributed by atoms with van der Waals surface area (Å²) >= 11 is 0. The van der Waals surface area contributed by atoms with Gasteiger partial charge in [-0.2, -0.15) is 0 Å². The highest BCUT2D eigenvalue weighted by molar-refractivity contribution is 5.10. The zero-order valence-corrected chi connectivity index (χ0v) is 10.2. The van der Waals surface area contributed by atoms with Gasteiger partial charge in [0.25, 0.3) is 0 Å². The monoisotopic (exact) mass is 222 g/mol. The standard InChI is InChI=1S/C13H22N2O/c1-10(11-7-8-16-9-11)15(2)13-5-3-12(14)4-6-13/h7-10,12-13H,3-6,14H2,1-2H3. The molecule has 1 aliphatic carbocycles. The molecule has 1 saturated carbocycles. The molecular weight excluding hydrogens is 200 g/mol. The van der Waals surface area contributed by atoms with Gasteiger partial charge in [0.2, 0.25) is 0 Å². The molecule has 1 atom stereocenters. The van der Waals surface area contributed by atoms with E-state index >= 15 is 0 Å². The molecule has 16 heavy (non-hydrogen) atoms. The molecule has 2 N–H and O–H groups in total. The first-order valence-corrected chi connectivity index (χ1v) is 6.18. The van der Waals surface area contributed by atoms with Crippen LogP contribution in [0.2, 0.25) is 0 Å². The summed E-state index contributed by atoms with van der Waals surface area (Å²) in [5.41, 5.74) is 7.20. The van der Waals surface area contributed by atoms with Crippen molar-refractivity contribution >= 4 is 0 Å². The van der Waals surface area contributed by atoms with Crippen molar-refractivity contribution in [3.63, 3.8) is 0 Å². The van der Waals surface area contributed by atoms with Crippen molar-refractivity contribution in [2.24, 2.45) is 5.73 Å². The van der Waals surface area contributed by atoms with Crippen LogP contribution < -0.4 is 5.73 Å². The van der Waals surface area contributed by atoms with Crippen LogP contribution in [0.1, 0.15) is 44.2 Å². The summed E-state index contributed by atoms with van der Waals surface area (Å²) in [5, 5.41) is 0. The molecule has 1 aromatic rings. The van der Waals surface area contributed by atoms with Crippen LogP contribution in [0.25, 0.3) is 0 Å². The van der Waals surface area contributed by atoms with E-state index in [1.807, 2.05) is 6.26 Å². The third-order valence-corrected chi connectivity index (χ3v) is 3.95. The fourth-order valence-electron chi connectivity index (χ4n) is 2.57. The van der Waals surface area contributed by atoms with E-state index in [1.165, 1.54) is 18.4 Å². The summed E-state index contributed by atoms with van der Waals surface area (Å²) < 4.78 is 5.14. The molecule has 0 aliphatic heterocycles. The van der Waals surface area contributed by atoms with Gasteiger partial charge in [0.1, 0.15) is 0 Å². The number of furan rings is 1. The second-order valence-corrected chi connectivity index (χ2v) is 4.97. The van der Waals surface area contributed by atoms with E-state index in [0.717, 1.165) is 12.8 Å². The summed E-state index contributed by atoms with van der Waals surface area (Å²) in [6, 6.07) is 3.58. The third-order valence-electron chi connectivity index (χ3n) is 3.95. The van der Waals surface area contributed by atoms with Gasteiger partial charge in [-0.1, -0.05) is 0 Å². The fraction of sp³-hybridized carbons (Fsp3) is 0.692. The molecule has 0 amide bonds. The van der Waals surface area contributed by atoms with Gasteiger partial charge in [-0.05, 0) is 45.7 Å². The quantitative estimate of drug-likeness (QED) is 0.854. The summed E-state index contributed by atoms with van der Waals surface area (Å²) in [4.78, 5) is 2.46. The van der Waals surface area contributed by atoms with E-state index in [1.54, 1.807) is 6.26 Å². The van der Waals surface area contributed by atoms with E-state index < -0.39 is 0 Å². The van der Waals surface area contributed by atoms with Gasteiger partial charge in [0.05, 0.1) is 12.5 Å². The Bertz CT molecular complexity index is 302. The molecular formula is C13H22N2O. The maximum absolute atomic E-state index is 5.93. The summed E-state index contributed by atoms with van der Waals surface area (Å²) in [6.45, 7) is 2.24. The summed E-state index contributed by atoms with van der Waals surface area (Å²) in [7, 11) is 2.21. The minimum absolute atomic E-state index is 0.425. The highest BCUT2D eigenvalue weighted by atomic mass is 16.3. The average Bonchev–Trinajstić information content (AvgIpc) is 2.81. The van der Waals surface area contributed by atoms with Gasteiger partial charge in [0, 0.05) is 23.7 Å². The van der Waals surface area contributed by atoms with Gasteiger partial charge >= 0.3 is 0 Å². The second kappa shape index (κ2) is 5.02. The molecule has 1 aromatic heterocycles. The molecule has 1 aliphatic rings. The summed E-state index contributed by atoms with van der Waals surface area (Å²) in [6.07, 6.45) is 8.35. The van der Waals surface area contributed by atoms with Gasteiger partial charge in [0.15, 0.2) is 0 Å². The normalized spacial score (nSPS) is 28.2. The van der Waals surface area contributed by atoms with E-state index in [9.17, 15) is 0 Å². The van der Waals surface area contributed by atoms with Crippen LogP contribution in [0, 0.1) is 0 Å². The topological polar surface area (TPSA) is 42.4 Å². The molecule has 2 rings (SSSR count). The number of hydrogen-bond acceptors (Lipinski definition) is 3. The van der Waals surface area contributed by atoms with Gasteiger partial charge in [-0.15, -0.1) is 0 Å². The first-order chi connectivity index (χ1) is 7.68. The van der Waals surface area contributed by atoms with Crippen molar-refractivity contribution in [3.05, 3.63) is 24.2 Å². The SMILES string of the molecule is CC(c1ccoc1)N(C)C1CCC(N)CC1. The summed E-state index contributed by atoms with van der Waals surface area (Å²) in [5.74, 6) is 0. The van der Waals surface area contributed by atoms with Crippen LogP contribution in [0.3, 0.4) is 0 Å². The van der Waals surface area contributed by atoms with Crippen LogP contribution in [0.15, 0.2) is 23.0 Å². The maximum Gasteiger partial charge on any atom is 0.0950 e. The van der Waals surface area contributed by atoms with Crippen LogP contribution >= 0.6 is 0 Å². The lowest BCUT2D eigenvalue weighted by atomic mass is 9.90. The van der Waals surface area contributed by atoms with Crippen LogP contribution in [-0.2, 0) is 0 Å². The Labute approximate surface area is 97.6 Å². The first kappa shape index (κ1) is 11.7. The van der Waals surface area contributed by atoms with E-state index in [2.05, 4.69) is 24.9 Å². The number of rotatable bonds is 3. The van der Waals surface area contributed by atoms with Crippen molar-refractivity contribution in [2.45, 2.75) is 50.7 Å². The smallest absolute Gasteiger partial charge is 0.0950 e. The Morgan fingerprint density at radius 2 is 2.06 bits per heavy atom. The van der Waals surface area contributed by atoms with Crippen molar-refractivity contribution in [3.8, 4) is 0 Å². The Balaban J connectivity index is 1.94. The minimum Gasteiger partial charge on any atom is -0.472 e. The highest BCUT2D eigenvalue weighted by Crippen LogP contribution is 2.28. The number of nitrogens with zero attached hydrogens (tertiary/aromatic N) is 1. The lowest BCUT2D eigenvalue weighted by molar-refractivity contribution is 0.140. The molecule has 90 valence electrons. The van der Waals surface area contributed by atoms with Gasteiger partial charge in [-0.25, -0.2) is 0 Å². The maximum atomic E-state index is 5.93. The van der Waals surface area contributed by atoms with Crippen molar-refractivity contribution < 1.29 is 4.42 Å². The molecule has 0 bridgehead atoms. The molecule has 3 heteroatoms. The highest BCUT2D eigenvalue weighted by Gasteiger charge is 2.25. The number of nitrogens with two attached hydrogens (primary N) is 1. The molecule has 1 heterocycles. The second-order valence-electron chi connectivity index (χ2n) is 4.97. The zero-order chi connectivity index (χ0) is 11.5. The van der Waals surface area contributed by atoms with Crippen LogP contribution in [0.5, 0.6) is 0 Å². The predicted molar refractivity (Wildman–Crippen MR) is 65.1 cm³/mol. The van der Waals surface area contributed by atoms with Crippen molar-refractivity contribution in [2.75, 3.05) is 7.05 Å². The molecule has 1 unspecified atom stereocenters. The molecule has 0 radical (unpaired) electrons. The molecule has 1 fully saturated rings. The van der Waals surface area contributed by atoms with Crippen LogP contribution in [0.4, 0.5) is 0 Å². The van der Waals surface area contributed by atoms with Gasteiger partial charge in [-0.3, -0.25) is 4.90 Å². The Morgan fingerprint density at radius 1 is 1.38 bits per heavy atom. The minimum atomic E-state index is 0.425. The lowest BCUT2D eigenvalue weighted by Crippen LogP contribution is -2.39. The average molecular weight is 222 g/mol. The molecule has 0 aromatic carbocycles. The van der Waals surface area contributed by atoms with Crippen molar-refractivity contribution in [1.82, 2.24) is 4.90 Å². The van der Waals surface area contributed by atoms with E-state index in [4.69, 9.17) is 10.2 Å². The predicted octanol–water partition coefficient (Wildman–Crippen LogP) is 2.54. The number of hydrogen-bond donors (Lipinski definition) is 1. The Kier molecular flexibility index (Phi) is 3.66. The molecule has 0 spiro atoms. The van der Waals surface area contributed by atoms with E-state index in [0.29, 0.717) is 18.1 Å². The van der Waals surface area contributed by atoms with Crippen molar-refractivity contribution in [1.29, 1.82) is 0 Å². The first-order valence-electron chi connectivity index (χ1n) is 6.18.